The molecule has 0 aliphatic carbocycles. The third-order valence-electron chi connectivity index (χ3n) is 9.45. The van der Waals surface area contributed by atoms with Crippen LogP contribution in [-0.2, 0) is 29.0 Å². The van der Waals surface area contributed by atoms with Gasteiger partial charge in [-0.2, -0.15) is 26.3 Å². The maximum absolute atomic E-state index is 14.4. The number of carboxylic acid groups (broad SMARTS) is 1. The Hall–Kier alpha value is -4.04. The Morgan fingerprint density at radius 3 is 2.25 bits per heavy atom. The number of alkyl halides is 6. The van der Waals surface area contributed by atoms with Crippen molar-refractivity contribution >= 4 is 22.6 Å². The van der Waals surface area contributed by atoms with Crippen molar-refractivity contribution in [2.75, 3.05) is 47.4 Å². The lowest BCUT2D eigenvalue weighted by Gasteiger charge is -2.42. The van der Waals surface area contributed by atoms with Gasteiger partial charge in [-0.1, -0.05) is 36.4 Å². The van der Waals surface area contributed by atoms with Gasteiger partial charge in [-0.15, -0.1) is 0 Å². The molecule has 5 rings (SSSR count). The second-order valence-electron chi connectivity index (χ2n) is 12.5. The molecule has 0 radical (unpaired) electrons. The van der Waals surface area contributed by atoms with Crippen LogP contribution in [0.15, 0.2) is 42.5 Å². The molecule has 2 aliphatic heterocycles. The fourth-order valence-electron chi connectivity index (χ4n) is 6.90. The number of amides is 1. The predicted octanol–water partition coefficient (Wildman–Crippen LogP) is 5.83. The summed E-state index contributed by atoms with van der Waals surface area (Å²) in [6.45, 7) is -1.11. The van der Waals surface area contributed by atoms with E-state index in [-0.39, 0.29) is 6.42 Å². The zero-order valence-corrected chi connectivity index (χ0v) is 26.7. The number of likely N-dealkylation sites (N-methyl/N-ethyl adjacent to an activating group) is 1. The average molecular weight is 682 g/mol. The molecule has 2 heterocycles. The van der Waals surface area contributed by atoms with Gasteiger partial charge < -0.3 is 24.8 Å². The van der Waals surface area contributed by atoms with E-state index < -0.39 is 68.2 Å². The normalized spacial score (nSPS) is 17.9. The number of likely N-dealkylation sites (tertiary alicyclic amines) is 1. The first-order valence-electron chi connectivity index (χ1n) is 15.4. The number of hydrogen-bond acceptors (Lipinski definition) is 6. The lowest BCUT2D eigenvalue weighted by Crippen LogP contribution is -2.59. The summed E-state index contributed by atoms with van der Waals surface area (Å²) in [6.07, 6.45) is -11.1. The van der Waals surface area contributed by atoms with Gasteiger partial charge >= 0.3 is 18.3 Å². The predicted molar refractivity (Wildman–Crippen MR) is 166 cm³/mol. The number of nitrogens with zero attached hydrogens (tertiary/aromatic N) is 2. The van der Waals surface area contributed by atoms with Crippen LogP contribution in [0.3, 0.4) is 0 Å². The first-order chi connectivity index (χ1) is 22.6. The SMILES string of the molecule is COc1cc2c(c(OC)c1-c1cccc3c(C[C@H](NC(=O)C4(C(F)(F)F)CCN(CC(F)(F)F)CC4)C(=O)O)cccc13)CN(C)CC2. The standard InChI is InChI=1S/C34H37F6N3O5/c1-42-13-10-21-17-27(47-2)28(29(48-3)25(21)18-42)24-9-5-7-22-20(6-4-8-23(22)24)16-26(30(44)45)41-31(46)32(34(38,39)40)11-14-43(15-12-32)19-33(35,36)37/h4-9,17,26H,10-16,18-19H2,1-3H3,(H,41,46)(H,44,45)/t26-/m0/s1. The molecule has 1 saturated heterocycles. The minimum Gasteiger partial charge on any atom is -0.496 e. The largest absolute Gasteiger partial charge is 0.496 e. The number of carbonyl (C=O) groups excluding carboxylic acids is 1. The molecule has 0 saturated carbocycles. The summed E-state index contributed by atoms with van der Waals surface area (Å²) in [7, 11) is 5.16. The van der Waals surface area contributed by atoms with Crippen molar-refractivity contribution in [3.8, 4) is 22.6 Å². The number of nitrogens with one attached hydrogen (secondary N) is 1. The van der Waals surface area contributed by atoms with Gasteiger partial charge in [0.05, 0.1) is 26.3 Å². The van der Waals surface area contributed by atoms with Crippen LogP contribution in [-0.4, -0.2) is 92.6 Å². The van der Waals surface area contributed by atoms with Crippen LogP contribution in [0.1, 0.15) is 29.5 Å². The van der Waals surface area contributed by atoms with Gasteiger partial charge in [0.15, 0.2) is 0 Å². The van der Waals surface area contributed by atoms with Gasteiger partial charge in [-0.3, -0.25) is 9.69 Å². The van der Waals surface area contributed by atoms with E-state index in [0.29, 0.717) is 39.9 Å². The van der Waals surface area contributed by atoms with Gasteiger partial charge in [-0.25, -0.2) is 4.79 Å². The molecule has 2 aliphatic rings. The highest BCUT2D eigenvalue weighted by atomic mass is 19.4. The lowest BCUT2D eigenvalue weighted by molar-refractivity contribution is -0.236. The second kappa shape index (κ2) is 13.5. The van der Waals surface area contributed by atoms with Crippen molar-refractivity contribution in [3.63, 3.8) is 0 Å². The number of rotatable bonds is 9. The van der Waals surface area contributed by atoms with Gasteiger partial charge in [0.1, 0.15) is 23.0 Å². The summed E-state index contributed by atoms with van der Waals surface area (Å²) in [5.74, 6) is -1.89. The molecule has 3 aromatic rings. The maximum Gasteiger partial charge on any atom is 0.403 e. The first kappa shape index (κ1) is 35.3. The van der Waals surface area contributed by atoms with Gasteiger partial charge in [0.2, 0.25) is 5.91 Å². The zero-order valence-electron chi connectivity index (χ0n) is 26.7. The van der Waals surface area contributed by atoms with Crippen molar-refractivity contribution in [1.29, 1.82) is 0 Å². The Morgan fingerprint density at radius 1 is 0.979 bits per heavy atom. The van der Waals surface area contributed by atoms with Crippen LogP contribution in [0.25, 0.3) is 21.9 Å². The number of ether oxygens (including phenoxy) is 2. The Bertz CT molecular complexity index is 1680. The van der Waals surface area contributed by atoms with Crippen molar-refractivity contribution < 1.29 is 50.5 Å². The van der Waals surface area contributed by atoms with Crippen LogP contribution in [0, 0.1) is 5.41 Å². The minimum absolute atomic E-state index is 0.348. The maximum atomic E-state index is 14.4. The van der Waals surface area contributed by atoms with E-state index in [2.05, 4.69) is 10.2 Å². The van der Waals surface area contributed by atoms with Crippen molar-refractivity contribution in [3.05, 3.63) is 59.2 Å². The van der Waals surface area contributed by atoms with Crippen LogP contribution in [0.4, 0.5) is 26.3 Å². The zero-order chi connectivity index (χ0) is 35.0. The molecule has 1 amide bonds. The quantitative estimate of drug-likeness (QED) is 0.275. The minimum atomic E-state index is -5.11. The summed E-state index contributed by atoms with van der Waals surface area (Å²) >= 11 is 0. The van der Waals surface area contributed by atoms with Crippen molar-refractivity contribution in [1.82, 2.24) is 15.1 Å². The van der Waals surface area contributed by atoms with Gasteiger partial charge in [0.25, 0.3) is 0 Å². The molecule has 8 nitrogen and oxygen atoms in total. The van der Waals surface area contributed by atoms with Gasteiger partial charge in [0, 0.05) is 25.1 Å². The average Bonchev–Trinajstić information content (AvgIpc) is 3.02. The molecule has 260 valence electrons. The molecule has 1 fully saturated rings. The Kier molecular flexibility index (Phi) is 9.89. The molecule has 1 atom stereocenters. The first-order valence-corrected chi connectivity index (χ1v) is 15.4. The molecule has 2 N–H and O–H groups in total. The number of halogens is 6. The number of piperidine rings is 1. The molecule has 3 aromatic carbocycles. The van der Waals surface area contributed by atoms with E-state index in [1.165, 1.54) is 0 Å². The molecule has 14 heteroatoms. The topological polar surface area (TPSA) is 91.3 Å². The Morgan fingerprint density at radius 2 is 1.65 bits per heavy atom. The lowest BCUT2D eigenvalue weighted by atomic mass is 9.76. The van der Waals surface area contributed by atoms with Crippen LogP contribution in [0.2, 0.25) is 0 Å². The molecular weight excluding hydrogens is 644 g/mol. The van der Waals surface area contributed by atoms with Gasteiger partial charge in [-0.05, 0) is 72.9 Å². The summed E-state index contributed by atoms with van der Waals surface area (Å²) in [4.78, 5) is 28.6. The highest BCUT2D eigenvalue weighted by Gasteiger charge is 2.61. The van der Waals surface area contributed by atoms with Crippen LogP contribution < -0.4 is 14.8 Å². The number of benzene rings is 3. The number of fused-ring (bicyclic) bond motifs is 2. The summed E-state index contributed by atoms with van der Waals surface area (Å²) in [6, 6.07) is 10.8. The molecule has 48 heavy (non-hydrogen) atoms. The summed E-state index contributed by atoms with van der Waals surface area (Å²) in [5, 5.41) is 13.4. The molecule has 0 bridgehead atoms. The molecule has 0 spiro atoms. The monoisotopic (exact) mass is 681 g/mol. The summed E-state index contributed by atoms with van der Waals surface area (Å²) in [5.41, 5.74) is 0.989. The fourth-order valence-corrected chi connectivity index (χ4v) is 6.90. The smallest absolute Gasteiger partial charge is 0.403 e. The number of methoxy groups -OCH3 is 2. The highest BCUT2D eigenvalue weighted by Crippen LogP contribution is 2.48. The van der Waals surface area contributed by atoms with Crippen molar-refractivity contribution in [2.24, 2.45) is 5.41 Å². The summed E-state index contributed by atoms with van der Waals surface area (Å²) < 4.78 is 93.5. The van der Waals surface area contributed by atoms with Crippen LogP contribution in [0.5, 0.6) is 11.5 Å². The van der Waals surface area contributed by atoms with E-state index >= 15 is 0 Å². The van der Waals surface area contributed by atoms with E-state index in [9.17, 15) is 41.0 Å². The van der Waals surface area contributed by atoms with Crippen molar-refractivity contribution in [2.45, 2.75) is 50.6 Å². The van der Waals surface area contributed by atoms with E-state index in [0.717, 1.165) is 34.6 Å². The highest BCUT2D eigenvalue weighted by molar-refractivity contribution is 6.01. The molecule has 0 unspecified atom stereocenters. The number of carboxylic acids is 1. The third-order valence-corrected chi connectivity index (χ3v) is 9.45. The van der Waals surface area contributed by atoms with Crippen LogP contribution >= 0.6 is 0 Å². The molecular formula is C34H37F6N3O5. The Labute approximate surface area is 273 Å². The fraction of sp³-hybridized carbons (Fsp3) is 0.471. The number of carbonyl (C=O) groups is 2. The van der Waals surface area contributed by atoms with E-state index in [4.69, 9.17) is 9.47 Å². The number of hydrogen-bond donors (Lipinski definition) is 2. The van der Waals surface area contributed by atoms with E-state index in [1.807, 2.05) is 25.2 Å². The van der Waals surface area contributed by atoms with E-state index in [1.54, 1.807) is 38.5 Å². The third kappa shape index (κ3) is 6.91. The number of aliphatic carboxylic acids is 1. The molecule has 0 aromatic heterocycles. The Balaban J connectivity index is 1.48. The second-order valence-corrected chi connectivity index (χ2v) is 12.5.